The molecule has 0 aliphatic carbocycles. The third kappa shape index (κ3) is 4.59. The minimum absolute atomic E-state index is 0.0261. The second-order valence-electron chi connectivity index (χ2n) is 6.62. The molecule has 0 saturated heterocycles. The van der Waals surface area contributed by atoms with Crippen molar-refractivity contribution in [3.8, 4) is 5.75 Å². The van der Waals surface area contributed by atoms with E-state index in [0.29, 0.717) is 12.2 Å². The van der Waals surface area contributed by atoms with Crippen LogP contribution in [-0.4, -0.2) is 12.5 Å². The van der Waals surface area contributed by atoms with Gasteiger partial charge in [0, 0.05) is 11.3 Å². The van der Waals surface area contributed by atoms with E-state index >= 15 is 0 Å². The van der Waals surface area contributed by atoms with Crippen LogP contribution in [0.3, 0.4) is 0 Å². The molecule has 0 saturated carbocycles. The lowest BCUT2D eigenvalue weighted by atomic mass is 9.86. The number of hydrogen-bond acceptors (Lipinski definition) is 2. The van der Waals surface area contributed by atoms with Crippen LogP contribution < -0.4 is 10.1 Å². The number of carbonyl (C=O) groups excluding carboxylic acids is 1. The topological polar surface area (TPSA) is 38.3 Å². The second kappa shape index (κ2) is 7.32. The molecule has 0 atom stereocenters. The van der Waals surface area contributed by atoms with Crippen molar-refractivity contribution < 1.29 is 9.53 Å². The molecule has 2 rings (SSSR count). The van der Waals surface area contributed by atoms with E-state index < -0.39 is 0 Å². The van der Waals surface area contributed by atoms with E-state index in [1.165, 1.54) is 0 Å². The molecule has 0 heterocycles. The number of anilines is 1. The van der Waals surface area contributed by atoms with Gasteiger partial charge in [-0.25, -0.2) is 0 Å². The van der Waals surface area contributed by atoms with Crippen LogP contribution in [0, 0.1) is 0 Å². The fraction of sp³-hybridized carbons (Fsp3) is 0.350. The van der Waals surface area contributed by atoms with Crippen molar-refractivity contribution in [2.24, 2.45) is 0 Å². The van der Waals surface area contributed by atoms with E-state index in [4.69, 9.17) is 4.74 Å². The summed E-state index contributed by atoms with van der Waals surface area (Å²) in [6, 6.07) is 15.2. The summed E-state index contributed by atoms with van der Waals surface area (Å²) in [5, 5.41) is 3.02. The molecule has 0 aromatic heterocycles. The molecule has 3 nitrogen and oxygen atoms in total. The SMILES string of the molecule is CCCOc1ccc(C(=O)Nc2ccccc2C(C)(C)C)cc1. The number of rotatable bonds is 5. The minimum Gasteiger partial charge on any atom is -0.494 e. The monoisotopic (exact) mass is 311 g/mol. The lowest BCUT2D eigenvalue weighted by molar-refractivity contribution is 0.102. The number of para-hydroxylation sites is 1. The zero-order valence-electron chi connectivity index (χ0n) is 14.3. The molecular weight excluding hydrogens is 286 g/mol. The van der Waals surface area contributed by atoms with E-state index in [1.807, 2.05) is 30.3 Å². The number of nitrogens with one attached hydrogen (secondary N) is 1. The third-order valence-electron chi connectivity index (χ3n) is 3.57. The van der Waals surface area contributed by atoms with Gasteiger partial charge < -0.3 is 10.1 Å². The molecule has 0 unspecified atom stereocenters. The Kier molecular flexibility index (Phi) is 5.43. The molecule has 2 aromatic rings. The molecule has 122 valence electrons. The molecule has 0 spiro atoms. The Morgan fingerprint density at radius 3 is 2.30 bits per heavy atom. The van der Waals surface area contributed by atoms with Crippen molar-refractivity contribution in [1.82, 2.24) is 0 Å². The predicted molar refractivity (Wildman–Crippen MR) is 95.3 cm³/mol. The van der Waals surface area contributed by atoms with Crippen LogP contribution in [0.25, 0.3) is 0 Å². The van der Waals surface area contributed by atoms with Gasteiger partial charge in [0.1, 0.15) is 5.75 Å². The van der Waals surface area contributed by atoms with E-state index in [1.54, 1.807) is 12.1 Å². The Bertz CT molecular complexity index is 654. The summed E-state index contributed by atoms with van der Waals surface area (Å²) in [6.07, 6.45) is 0.964. The number of benzene rings is 2. The van der Waals surface area contributed by atoms with E-state index in [2.05, 4.69) is 39.1 Å². The van der Waals surface area contributed by atoms with Gasteiger partial charge in [-0.3, -0.25) is 4.79 Å². The maximum Gasteiger partial charge on any atom is 0.255 e. The average molecular weight is 311 g/mol. The molecule has 1 amide bonds. The molecule has 23 heavy (non-hydrogen) atoms. The van der Waals surface area contributed by atoms with Gasteiger partial charge in [-0.2, -0.15) is 0 Å². The first-order valence-corrected chi connectivity index (χ1v) is 8.05. The Morgan fingerprint density at radius 1 is 1.04 bits per heavy atom. The quantitative estimate of drug-likeness (QED) is 0.841. The van der Waals surface area contributed by atoms with Crippen LogP contribution in [0.2, 0.25) is 0 Å². The zero-order chi connectivity index (χ0) is 16.9. The second-order valence-corrected chi connectivity index (χ2v) is 6.62. The number of carbonyl (C=O) groups is 1. The average Bonchev–Trinajstić information content (AvgIpc) is 2.53. The lowest BCUT2D eigenvalue weighted by Gasteiger charge is -2.23. The van der Waals surface area contributed by atoms with Crippen LogP contribution in [0.1, 0.15) is 50.0 Å². The third-order valence-corrected chi connectivity index (χ3v) is 3.57. The summed E-state index contributed by atoms with van der Waals surface area (Å²) >= 11 is 0. The summed E-state index contributed by atoms with van der Waals surface area (Å²) in [6.45, 7) is 9.16. The number of hydrogen-bond donors (Lipinski definition) is 1. The summed E-state index contributed by atoms with van der Waals surface area (Å²) < 4.78 is 5.54. The van der Waals surface area contributed by atoms with Gasteiger partial charge in [-0.1, -0.05) is 45.9 Å². The van der Waals surface area contributed by atoms with Crippen molar-refractivity contribution in [3.05, 3.63) is 59.7 Å². The van der Waals surface area contributed by atoms with Crippen molar-refractivity contribution in [3.63, 3.8) is 0 Å². The zero-order valence-corrected chi connectivity index (χ0v) is 14.3. The molecular formula is C20H25NO2. The van der Waals surface area contributed by atoms with Crippen LogP contribution >= 0.6 is 0 Å². The molecule has 0 radical (unpaired) electrons. The van der Waals surface area contributed by atoms with Crippen molar-refractivity contribution in [2.45, 2.75) is 39.5 Å². The fourth-order valence-corrected chi connectivity index (χ4v) is 2.36. The van der Waals surface area contributed by atoms with Gasteiger partial charge in [0.25, 0.3) is 5.91 Å². The fourth-order valence-electron chi connectivity index (χ4n) is 2.36. The van der Waals surface area contributed by atoms with Crippen LogP contribution in [0.5, 0.6) is 5.75 Å². The minimum atomic E-state index is -0.108. The standard InChI is InChI=1S/C20H25NO2/c1-5-14-23-16-12-10-15(11-13-16)19(22)21-18-9-7-6-8-17(18)20(2,3)4/h6-13H,5,14H2,1-4H3,(H,21,22). The van der Waals surface area contributed by atoms with Gasteiger partial charge in [-0.05, 0) is 47.7 Å². The van der Waals surface area contributed by atoms with Gasteiger partial charge in [0.05, 0.1) is 6.61 Å². The molecule has 1 N–H and O–H groups in total. The Hall–Kier alpha value is -2.29. The number of amides is 1. The molecule has 0 fully saturated rings. The highest BCUT2D eigenvalue weighted by atomic mass is 16.5. The highest BCUT2D eigenvalue weighted by Gasteiger charge is 2.18. The first-order chi connectivity index (χ1) is 10.9. The molecule has 0 aliphatic heterocycles. The Morgan fingerprint density at radius 2 is 1.70 bits per heavy atom. The van der Waals surface area contributed by atoms with Gasteiger partial charge >= 0.3 is 0 Å². The van der Waals surface area contributed by atoms with E-state index in [-0.39, 0.29) is 11.3 Å². The van der Waals surface area contributed by atoms with Crippen LogP contribution in [-0.2, 0) is 5.41 Å². The van der Waals surface area contributed by atoms with Crippen molar-refractivity contribution in [2.75, 3.05) is 11.9 Å². The van der Waals surface area contributed by atoms with Crippen LogP contribution in [0.15, 0.2) is 48.5 Å². The lowest BCUT2D eigenvalue weighted by Crippen LogP contribution is -2.18. The largest absolute Gasteiger partial charge is 0.494 e. The van der Waals surface area contributed by atoms with Gasteiger partial charge in [0.15, 0.2) is 0 Å². The maximum atomic E-state index is 12.5. The van der Waals surface area contributed by atoms with E-state index in [0.717, 1.165) is 23.4 Å². The normalized spacial score (nSPS) is 11.1. The smallest absolute Gasteiger partial charge is 0.255 e. The molecule has 3 heteroatoms. The van der Waals surface area contributed by atoms with E-state index in [9.17, 15) is 4.79 Å². The highest BCUT2D eigenvalue weighted by Crippen LogP contribution is 2.29. The van der Waals surface area contributed by atoms with Crippen molar-refractivity contribution in [1.29, 1.82) is 0 Å². The van der Waals surface area contributed by atoms with Gasteiger partial charge in [-0.15, -0.1) is 0 Å². The Labute approximate surface area is 138 Å². The summed E-state index contributed by atoms with van der Waals surface area (Å²) in [7, 11) is 0. The molecule has 0 bridgehead atoms. The molecule has 0 aliphatic rings. The van der Waals surface area contributed by atoms with Gasteiger partial charge in [0.2, 0.25) is 0 Å². The van der Waals surface area contributed by atoms with Crippen LogP contribution in [0.4, 0.5) is 5.69 Å². The highest BCUT2D eigenvalue weighted by molar-refractivity contribution is 6.04. The molecule has 2 aromatic carbocycles. The summed E-state index contributed by atoms with van der Waals surface area (Å²) in [5.74, 6) is 0.683. The first kappa shape index (κ1) is 17.1. The summed E-state index contributed by atoms with van der Waals surface area (Å²) in [4.78, 5) is 12.5. The first-order valence-electron chi connectivity index (χ1n) is 8.05. The summed E-state index contributed by atoms with van der Waals surface area (Å²) in [5.41, 5.74) is 2.58. The number of ether oxygens (including phenoxy) is 1. The predicted octanol–water partition coefficient (Wildman–Crippen LogP) is 5.03. The Balaban J connectivity index is 2.14. The maximum absolute atomic E-state index is 12.5. The van der Waals surface area contributed by atoms with Crippen molar-refractivity contribution >= 4 is 11.6 Å².